The minimum Gasteiger partial charge on any atom is -0.376 e. The maximum Gasteiger partial charge on any atom is 0.234 e. The van der Waals surface area contributed by atoms with Gasteiger partial charge in [0, 0.05) is 13.2 Å². The number of ether oxygens (including phenoxy) is 1. The third kappa shape index (κ3) is 4.90. The lowest BCUT2D eigenvalue weighted by molar-refractivity contribution is -0.122. The molecule has 26 heavy (non-hydrogen) atoms. The van der Waals surface area contributed by atoms with Gasteiger partial charge in [0.1, 0.15) is 5.82 Å². The average Bonchev–Trinajstić information content (AvgIpc) is 3.16. The highest BCUT2D eigenvalue weighted by Gasteiger charge is 2.22. The minimum atomic E-state index is -0.266. The summed E-state index contributed by atoms with van der Waals surface area (Å²) in [6.07, 6.45) is 2.19. The Kier molecular flexibility index (Phi) is 6.36. The van der Waals surface area contributed by atoms with Crippen LogP contribution in [-0.4, -0.2) is 43.7 Å². The maximum atomic E-state index is 13.3. The Morgan fingerprint density at radius 3 is 2.54 bits per heavy atom. The van der Waals surface area contributed by atoms with E-state index < -0.39 is 0 Å². The quantitative estimate of drug-likeness (QED) is 0.829. The topological polar surface area (TPSA) is 41.6 Å². The normalized spacial score (nSPS) is 18.0. The molecule has 2 unspecified atom stereocenters. The lowest BCUT2D eigenvalue weighted by atomic mass is 9.97. The highest BCUT2D eigenvalue weighted by molar-refractivity contribution is 5.78. The third-order valence-electron chi connectivity index (χ3n) is 4.69. The van der Waals surface area contributed by atoms with Gasteiger partial charge in [-0.15, -0.1) is 0 Å². The van der Waals surface area contributed by atoms with Crippen molar-refractivity contribution in [2.24, 2.45) is 0 Å². The second-order valence-electron chi connectivity index (χ2n) is 6.72. The number of carbonyl (C=O) groups excluding carboxylic acids is 1. The monoisotopic (exact) mass is 356 g/mol. The van der Waals surface area contributed by atoms with Gasteiger partial charge in [-0.2, -0.15) is 0 Å². The molecule has 0 saturated carbocycles. The van der Waals surface area contributed by atoms with Gasteiger partial charge in [0.05, 0.1) is 18.7 Å². The Hall–Kier alpha value is -2.24. The highest BCUT2D eigenvalue weighted by Crippen LogP contribution is 2.27. The second kappa shape index (κ2) is 8.92. The smallest absolute Gasteiger partial charge is 0.234 e. The summed E-state index contributed by atoms with van der Waals surface area (Å²) < 4.78 is 18.9. The van der Waals surface area contributed by atoms with Gasteiger partial charge in [0.25, 0.3) is 0 Å². The molecule has 5 heteroatoms. The van der Waals surface area contributed by atoms with Gasteiger partial charge >= 0.3 is 0 Å². The molecule has 1 saturated heterocycles. The van der Waals surface area contributed by atoms with Crippen LogP contribution in [0.15, 0.2) is 54.6 Å². The fourth-order valence-electron chi connectivity index (χ4n) is 3.39. The number of hydrogen-bond acceptors (Lipinski definition) is 3. The van der Waals surface area contributed by atoms with Gasteiger partial charge in [0.15, 0.2) is 0 Å². The summed E-state index contributed by atoms with van der Waals surface area (Å²) in [5, 5.41) is 2.96. The summed E-state index contributed by atoms with van der Waals surface area (Å²) in [6, 6.07) is 16.3. The number of carbonyl (C=O) groups is 1. The van der Waals surface area contributed by atoms with Crippen LogP contribution in [0, 0.1) is 5.82 Å². The predicted octanol–water partition coefficient (Wildman–Crippen LogP) is 3.14. The van der Waals surface area contributed by atoms with Gasteiger partial charge in [-0.3, -0.25) is 9.69 Å². The zero-order chi connectivity index (χ0) is 18.4. The number of hydrogen-bond donors (Lipinski definition) is 1. The summed E-state index contributed by atoms with van der Waals surface area (Å²) in [5.74, 6) is -0.302. The van der Waals surface area contributed by atoms with Gasteiger partial charge in [-0.05, 0) is 43.1 Å². The molecular formula is C21H25FN2O2. The van der Waals surface area contributed by atoms with Gasteiger partial charge in [0.2, 0.25) is 5.91 Å². The van der Waals surface area contributed by atoms with Gasteiger partial charge in [-0.25, -0.2) is 4.39 Å². The van der Waals surface area contributed by atoms with E-state index in [2.05, 4.69) is 5.32 Å². The van der Waals surface area contributed by atoms with E-state index in [1.165, 1.54) is 12.1 Å². The van der Waals surface area contributed by atoms with Gasteiger partial charge < -0.3 is 10.1 Å². The van der Waals surface area contributed by atoms with Crippen LogP contribution in [0.4, 0.5) is 4.39 Å². The molecule has 1 aliphatic rings. The molecule has 2 aromatic rings. The van der Waals surface area contributed by atoms with Crippen molar-refractivity contribution in [2.75, 3.05) is 26.7 Å². The van der Waals surface area contributed by atoms with E-state index in [1.807, 2.05) is 42.3 Å². The highest BCUT2D eigenvalue weighted by atomic mass is 19.1. The van der Waals surface area contributed by atoms with Crippen molar-refractivity contribution >= 4 is 5.91 Å². The number of amides is 1. The first-order valence-electron chi connectivity index (χ1n) is 9.02. The zero-order valence-corrected chi connectivity index (χ0v) is 15.0. The Balaban J connectivity index is 1.69. The van der Waals surface area contributed by atoms with Gasteiger partial charge in [-0.1, -0.05) is 42.5 Å². The molecule has 2 aromatic carbocycles. The Labute approximate surface area is 154 Å². The molecule has 0 bridgehead atoms. The molecule has 1 amide bonds. The van der Waals surface area contributed by atoms with Crippen molar-refractivity contribution in [2.45, 2.75) is 25.0 Å². The van der Waals surface area contributed by atoms with E-state index in [1.54, 1.807) is 12.1 Å². The number of benzene rings is 2. The van der Waals surface area contributed by atoms with Crippen LogP contribution < -0.4 is 5.32 Å². The number of nitrogens with one attached hydrogen (secondary N) is 1. The average molecular weight is 356 g/mol. The van der Waals surface area contributed by atoms with Crippen molar-refractivity contribution in [1.29, 1.82) is 0 Å². The summed E-state index contributed by atoms with van der Waals surface area (Å²) in [5.41, 5.74) is 2.01. The van der Waals surface area contributed by atoms with Crippen molar-refractivity contribution in [1.82, 2.24) is 10.2 Å². The van der Waals surface area contributed by atoms with Crippen LogP contribution in [0.2, 0.25) is 0 Å². The Bertz CT molecular complexity index is 700. The van der Waals surface area contributed by atoms with Crippen LogP contribution in [0.3, 0.4) is 0 Å². The van der Waals surface area contributed by atoms with Crippen molar-refractivity contribution in [3.63, 3.8) is 0 Å². The zero-order valence-electron chi connectivity index (χ0n) is 15.0. The molecule has 2 atom stereocenters. The van der Waals surface area contributed by atoms with Crippen molar-refractivity contribution < 1.29 is 13.9 Å². The molecule has 0 aliphatic carbocycles. The first-order valence-corrected chi connectivity index (χ1v) is 9.02. The standard InChI is InChI=1S/C21H25FN2O2/c1-24(15-20(25)23-14-19-8-5-13-26-19)21(16-6-3-2-4-7-16)17-9-11-18(22)12-10-17/h2-4,6-7,9-12,19,21H,5,8,13-15H2,1H3,(H,23,25). The van der Waals surface area contributed by atoms with Crippen LogP contribution in [0.25, 0.3) is 0 Å². The van der Waals surface area contributed by atoms with E-state index in [9.17, 15) is 9.18 Å². The fraction of sp³-hybridized carbons (Fsp3) is 0.381. The molecular weight excluding hydrogens is 331 g/mol. The van der Waals surface area contributed by atoms with Crippen LogP contribution in [-0.2, 0) is 9.53 Å². The number of halogens is 1. The largest absolute Gasteiger partial charge is 0.376 e. The molecule has 3 rings (SSSR count). The van der Waals surface area contributed by atoms with E-state index in [0.717, 1.165) is 30.6 Å². The van der Waals surface area contributed by atoms with Crippen molar-refractivity contribution in [3.8, 4) is 0 Å². The van der Waals surface area contributed by atoms with E-state index >= 15 is 0 Å². The minimum absolute atomic E-state index is 0.0361. The molecule has 1 N–H and O–H groups in total. The molecule has 1 fully saturated rings. The Morgan fingerprint density at radius 2 is 1.88 bits per heavy atom. The Morgan fingerprint density at radius 1 is 1.19 bits per heavy atom. The van der Waals surface area contributed by atoms with E-state index in [4.69, 9.17) is 4.74 Å². The van der Waals surface area contributed by atoms with Crippen molar-refractivity contribution in [3.05, 3.63) is 71.5 Å². The summed E-state index contributed by atoms with van der Waals surface area (Å²) in [4.78, 5) is 14.3. The van der Waals surface area contributed by atoms with Crippen LogP contribution >= 0.6 is 0 Å². The fourth-order valence-corrected chi connectivity index (χ4v) is 3.39. The summed E-state index contributed by atoms with van der Waals surface area (Å²) in [7, 11) is 1.91. The van der Waals surface area contributed by atoms with Crippen LogP contribution in [0.1, 0.15) is 30.0 Å². The number of rotatable bonds is 7. The molecule has 0 spiro atoms. The maximum absolute atomic E-state index is 13.3. The van der Waals surface area contributed by atoms with E-state index in [-0.39, 0.29) is 30.4 Å². The first kappa shape index (κ1) is 18.5. The predicted molar refractivity (Wildman–Crippen MR) is 99.3 cm³/mol. The molecule has 1 heterocycles. The molecule has 1 aliphatic heterocycles. The number of nitrogens with zero attached hydrogens (tertiary/aromatic N) is 1. The third-order valence-corrected chi connectivity index (χ3v) is 4.69. The molecule has 0 radical (unpaired) electrons. The lowest BCUT2D eigenvalue weighted by Crippen LogP contribution is -2.40. The lowest BCUT2D eigenvalue weighted by Gasteiger charge is -2.28. The number of likely N-dealkylation sites (N-methyl/N-ethyl adjacent to an activating group) is 1. The molecule has 0 aromatic heterocycles. The van der Waals surface area contributed by atoms with E-state index in [0.29, 0.717) is 6.54 Å². The first-order chi connectivity index (χ1) is 12.6. The second-order valence-corrected chi connectivity index (χ2v) is 6.72. The summed E-state index contributed by atoms with van der Waals surface area (Å²) >= 11 is 0. The summed E-state index contributed by atoms with van der Waals surface area (Å²) in [6.45, 7) is 1.59. The van der Waals surface area contributed by atoms with Crippen LogP contribution in [0.5, 0.6) is 0 Å². The molecule has 138 valence electrons. The SMILES string of the molecule is CN(CC(=O)NCC1CCCO1)C(c1ccccc1)c1ccc(F)cc1. The molecule has 4 nitrogen and oxygen atoms in total.